The number of nitrogens with one attached hydrogen (secondary N) is 1. The van der Waals surface area contributed by atoms with E-state index in [4.69, 9.17) is 14.2 Å². The lowest BCUT2D eigenvalue weighted by Gasteiger charge is -2.07. The van der Waals surface area contributed by atoms with Crippen LogP contribution in [0.2, 0.25) is 0 Å². The average Bonchev–Trinajstić information content (AvgIpc) is 3.09. The van der Waals surface area contributed by atoms with Crippen molar-refractivity contribution in [2.45, 2.75) is 5.75 Å². The third-order valence-corrected chi connectivity index (χ3v) is 4.60. The number of anilines is 1. The monoisotopic (exact) mass is 376 g/mol. The van der Waals surface area contributed by atoms with Gasteiger partial charge in [0, 0.05) is 23.6 Å². The number of hydrogen-bond acceptors (Lipinski definition) is 7. The molecule has 0 aromatic heterocycles. The van der Waals surface area contributed by atoms with Gasteiger partial charge >= 0.3 is 5.69 Å². The zero-order valence-corrected chi connectivity index (χ0v) is 14.7. The van der Waals surface area contributed by atoms with Crippen LogP contribution in [0.3, 0.4) is 0 Å². The molecule has 9 heteroatoms. The molecule has 136 valence electrons. The van der Waals surface area contributed by atoms with Gasteiger partial charge in [-0.05, 0) is 23.8 Å². The molecule has 2 aromatic rings. The van der Waals surface area contributed by atoms with E-state index >= 15 is 0 Å². The summed E-state index contributed by atoms with van der Waals surface area (Å²) < 4.78 is 15.5. The molecule has 0 radical (unpaired) electrons. The van der Waals surface area contributed by atoms with Gasteiger partial charge in [0.25, 0.3) is 0 Å². The standard InChI is InChI=1S/C17H16N2O6S/c1-23-14-4-2-11(6-13(14)19(21)22)8-26-9-17(20)18-12-3-5-15-16(7-12)25-10-24-15/h2-7H,8-10H2,1H3,(H,18,20). The van der Waals surface area contributed by atoms with Crippen LogP contribution in [0.25, 0.3) is 0 Å². The summed E-state index contributed by atoms with van der Waals surface area (Å²) in [6.07, 6.45) is 0. The fraction of sp³-hybridized carbons (Fsp3) is 0.235. The van der Waals surface area contributed by atoms with E-state index in [1.54, 1.807) is 30.3 Å². The molecular weight excluding hydrogens is 360 g/mol. The zero-order chi connectivity index (χ0) is 18.5. The number of carbonyl (C=O) groups excluding carboxylic acids is 1. The molecule has 3 rings (SSSR count). The molecule has 0 saturated heterocycles. The van der Waals surface area contributed by atoms with Crippen molar-refractivity contribution in [3.8, 4) is 17.2 Å². The number of benzene rings is 2. The number of fused-ring (bicyclic) bond motifs is 1. The first kappa shape index (κ1) is 17.9. The number of methoxy groups -OCH3 is 1. The minimum atomic E-state index is -0.487. The second kappa shape index (κ2) is 7.96. The summed E-state index contributed by atoms with van der Waals surface area (Å²) in [5.74, 6) is 1.98. The van der Waals surface area contributed by atoms with Crippen LogP contribution in [0.1, 0.15) is 5.56 Å². The van der Waals surface area contributed by atoms with Gasteiger partial charge in [0.05, 0.1) is 17.8 Å². The number of carbonyl (C=O) groups is 1. The summed E-state index contributed by atoms with van der Waals surface area (Å²) in [7, 11) is 1.39. The number of nitro groups is 1. The minimum absolute atomic E-state index is 0.0876. The van der Waals surface area contributed by atoms with E-state index in [9.17, 15) is 14.9 Å². The molecule has 26 heavy (non-hydrogen) atoms. The van der Waals surface area contributed by atoms with Crippen LogP contribution < -0.4 is 19.5 Å². The fourth-order valence-electron chi connectivity index (χ4n) is 2.40. The maximum atomic E-state index is 12.0. The highest BCUT2D eigenvalue weighted by atomic mass is 32.2. The molecule has 0 fully saturated rings. The first-order chi connectivity index (χ1) is 12.6. The summed E-state index contributed by atoms with van der Waals surface area (Å²) in [5, 5.41) is 13.8. The van der Waals surface area contributed by atoms with E-state index < -0.39 is 4.92 Å². The van der Waals surface area contributed by atoms with E-state index in [1.807, 2.05) is 0 Å². The van der Waals surface area contributed by atoms with Gasteiger partial charge in [-0.2, -0.15) is 0 Å². The average molecular weight is 376 g/mol. The molecule has 8 nitrogen and oxygen atoms in total. The second-order valence-electron chi connectivity index (χ2n) is 5.37. The first-order valence-electron chi connectivity index (χ1n) is 7.65. The molecule has 2 aromatic carbocycles. The number of nitro benzene ring substituents is 1. The molecule has 0 atom stereocenters. The van der Waals surface area contributed by atoms with Gasteiger partial charge in [-0.15, -0.1) is 11.8 Å². The van der Waals surface area contributed by atoms with E-state index in [-0.39, 0.29) is 29.9 Å². The van der Waals surface area contributed by atoms with Gasteiger partial charge in [-0.25, -0.2) is 0 Å². The highest BCUT2D eigenvalue weighted by Gasteiger charge is 2.16. The van der Waals surface area contributed by atoms with Crippen molar-refractivity contribution in [1.82, 2.24) is 0 Å². The highest BCUT2D eigenvalue weighted by molar-refractivity contribution is 7.99. The largest absolute Gasteiger partial charge is 0.490 e. The predicted molar refractivity (Wildman–Crippen MR) is 97.0 cm³/mol. The van der Waals surface area contributed by atoms with Crippen LogP contribution in [0, 0.1) is 10.1 Å². The Kier molecular flexibility index (Phi) is 5.47. The summed E-state index contributed by atoms with van der Waals surface area (Å²) in [6, 6.07) is 9.94. The third kappa shape index (κ3) is 4.17. The van der Waals surface area contributed by atoms with Crippen LogP contribution in [0.5, 0.6) is 17.2 Å². The number of hydrogen-bond donors (Lipinski definition) is 1. The SMILES string of the molecule is COc1ccc(CSCC(=O)Nc2ccc3c(c2)OCO3)cc1[N+](=O)[O-]. The van der Waals surface area contributed by atoms with E-state index in [0.717, 1.165) is 5.56 Å². The molecule has 0 bridgehead atoms. The fourth-order valence-corrected chi connectivity index (χ4v) is 3.18. The van der Waals surface area contributed by atoms with Gasteiger partial charge in [-0.3, -0.25) is 14.9 Å². The molecule has 0 saturated carbocycles. The van der Waals surface area contributed by atoms with Crippen LogP contribution >= 0.6 is 11.8 Å². The second-order valence-corrected chi connectivity index (χ2v) is 6.36. The number of nitrogens with zero attached hydrogens (tertiary/aromatic N) is 1. The van der Waals surface area contributed by atoms with Gasteiger partial charge in [0.15, 0.2) is 17.2 Å². The van der Waals surface area contributed by atoms with Crippen LogP contribution in [-0.4, -0.2) is 30.5 Å². The Morgan fingerprint density at radius 3 is 2.85 bits per heavy atom. The molecule has 1 heterocycles. The highest BCUT2D eigenvalue weighted by Crippen LogP contribution is 2.34. The van der Waals surface area contributed by atoms with Crippen molar-refractivity contribution in [1.29, 1.82) is 0 Å². The van der Waals surface area contributed by atoms with Crippen LogP contribution in [0.15, 0.2) is 36.4 Å². The minimum Gasteiger partial charge on any atom is -0.490 e. The molecule has 1 aliphatic heterocycles. The van der Waals surface area contributed by atoms with E-state index in [1.165, 1.54) is 24.9 Å². The lowest BCUT2D eigenvalue weighted by molar-refractivity contribution is -0.385. The Morgan fingerprint density at radius 1 is 1.27 bits per heavy atom. The number of rotatable bonds is 7. The van der Waals surface area contributed by atoms with Gasteiger partial charge in [0.2, 0.25) is 12.7 Å². The normalized spacial score (nSPS) is 11.9. The van der Waals surface area contributed by atoms with Crippen molar-refractivity contribution >= 4 is 29.0 Å². The van der Waals surface area contributed by atoms with Crippen LogP contribution in [0.4, 0.5) is 11.4 Å². The molecule has 1 amide bonds. The van der Waals surface area contributed by atoms with Crippen molar-refractivity contribution < 1.29 is 23.9 Å². The topological polar surface area (TPSA) is 99.9 Å². The maximum absolute atomic E-state index is 12.0. The van der Waals surface area contributed by atoms with Gasteiger partial charge in [-0.1, -0.05) is 6.07 Å². The number of ether oxygens (including phenoxy) is 3. The Bertz CT molecular complexity index is 842. The molecular formula is C17H16N2O6S. The van der Waals surface area contributed by atoms with Crippen LogP contribution in [-0.2, 0) is 10.5 Å². The Labute approximate surface area is 153 Å². The van der Waals surface area contributed by atoms with Crippen molar-refractivity contribution in [3.05, 3.63) is 52.1 Å². The van der Waals surface area contributed by atoms with Crippen molar-refractivity contribution in [2.24, 2.45) is 0 Å². The Morgan fingerprint density at radius 2 is 2.08 bits per heavy atom. The number of thioether (sulfide) groups is 1. The summed E-state index contributed by atoms with van der Waals surface area (Å²) in [6.45, 7) is 0.177. The number of amides is 1. The third-order valence-electron chi connectivity index (χ3n) is 3.60. The Hall–Kier alpha value is -2.94. The molecule has 1 aliphatic rings. The smallest absolute Gasteiger partial charge is 0.311 e. The van der Waals surface area contributed by atoms with Gasteiger partial charge in [0.1, 0.15) is 0 Å². The lowest BCUT2D eigenvalue weighted by Crippen LogP contribution is -2.14. The lowest BCUT2D eigenvalue weighted by atomic mass is 10.2. The van der Waals surface area contributed by atoms with E-state index in [2.05, 4.69) is 5.32 Å². The Balaban J connectivity index is 1.52. The molecule has 0 unspecified atom stereocenters. The maximum Gasteiger partial charge on any atom is 0.311 e. The quantitative estimate of drug-likeness (QED) is 0.585. The zero-order valence-electron chi connectivity index (χ0n) is 13.9. The predicted octanol–water partition coefficient (Wildman–Crippen LogP) is 3.20. The first-order valence-corrected chi connectivity index (χ1v) is 8.81. The molecule has 0 spiro atoms. The summed E-state index contributed by atoms with van der Waals surface area (Å²) in [5.41, 5.74) is 1.29. The molecule has 1 N–H and O–H groups in total. The summed E-state index contributed by atoms with van der Waals surface area (Å²) in [4.78, 5) is 22.6. The molecule has 0 aliphatic carbocycles. The summed E-state index contributed by atoms with van der Waals surface area (Å²) >= 11 is 1.36. The van der Waals surface area contributed by atoms with Crippen molar-refractivity contribution in [3.63, 3.8) is 0 Å². The van der Waals surface area contributed by atoms with Crippen molar-refractivity contribution in [2.75, 3.05) is 25.0 Å². The van der Waals surface area contributed by atoms with E-state index in [0.29, 0.717) is 22.9 Å². The van der Waals surface area contributed by atoms with Gasteiger partial charge < -0.3 is 19.5 Å².